The molecular formula is C14H22BrNO2. The number of hydrogen-bond donors (Lipinski definition) is 2. The maximum Gasteiger partial charge on any atom is 0.122 e. The SMILES string of the molecule is CCC(CC)(CO)CNc1cc(Br)cc(OC)c1. The molecule has 0 saturated heterocycles. The lowest BCUT2D eigenvalue weighted by atomic mass is 9.83. The Bertz CT molecular complexity index is 370. The van der Waals surface area contributed by atoms with Crippen LogP contribution in [-0.2, 0) is 0 Å². The van der Waals surface area contributed by atoms with Crippen LogP contribution in [0.25, 0.3) is 0 Å². The first-order valence-corrected chi connectivity index (χ1v) is 7.07. The predicted molar refractivity (Wildman–Crippen MR) is 79.3 cm³/mol. The van der Waals surface area contributed by atoms with Crippen LogP contribution in [0.15, 0.2) is 22.7 Å². The van der Waals surface area contributed by atoms with Crippen molar-refractivity contribution in [2.75, 3.05) is 25.6 Å². The third-order valence-electron chi connectivity index (χ3n) is 3.61. The van der Waals surface area contributed by atoms with E-state index in [2.05, 4.69) is 35.1 Å². The molecule has 0 aliphatic carbocycles. The van der Waals surface area contributed by atoms with Gasteiger partial charge in [-0.2, -0.15) is 0 Å². The summed E-state index contributed by atoms with van der Waals surface area (Å²) in [5.41, 5.74) is 0.955. The molecule has 0 amide bonds. The molecule has 18 heavy (non-hydrogen) atoms. The zero-order valence-corrected chi connectivity index (χ0v) is 12.9. The number of anilines is 1. The lowest BCUT2D eigenvalue weighted by Gasteiger charge is -2.30. The van der Waals surface area contributed by atoms with Crippen LogP contribution in [0.5, 0.6) is 5.75 Å². The van der Waals surface area contributed by atoms with E-state index in [0.29, 0.717) is 0 Å². The van der Waals surface area contributed by atoms with Gasteiger partial charge in [0.15, 0.2) is 0 Å². The third kappa shape index (κ3) is 3.89. The van der Waals surface area contributed by atoms with Crippen LogP contribution in [0.2, 0.25) is 0 Å². The minimum Gasteiger partial charge on any atom is -0.497 e. The fourth-order valence-corrected chi connectivity index (χ4v) is 2.32. The maximum absolute atomic E-state index is 9.54. The van der Waals surface area contributed by atoms with Crippen LogP contribution >= 0.6 is 15.9 Å². The van der Waals surface area contributed by atoms with E-state index in [1.54, 1.807) is 7.11 Å². The molecule has 0 aliphatic heterocycles. The zero-order chi connectivity index (χ0) is 13.6. The molecule has 0 radical (unpaired) electrons. The van der Waals surface area contributed by atoms with Gasteiger partial charge in [0.2, 0.25) is 0 Å². The fraction of sp³-hybridized carbons (Fsp3) is 0.571. The van der Waals surface area contributed by atoms with Crippen molar-refractivity contribution >= 4 is 21.6 Å². The minimum atomic E-state index is -0.0461. The van der Waals surface area contributed by atoms with Crippen LogP contribution in [0, 0.1) is 5.41 Å². The van der Waals surface area contributed by atoms with E-state index < -0.39 is 0 Å². The molecule has 0 heterocycles. The Balaban J connectivity index is 2.76. The summed E-state index contributed by atoms with van der Waals surface area (Å²) in [7, 11) is 1.65. The van der Waals surface area contributed by atoms with Gasteiger partial charge in [0, 0.05) is 28.2 Å². The Hall–Kier alpha value is -0.740. The van der Waals surface area contributed by atoms with Crippen LogP contribution in [-0.4, -0.2) is 25.4 Å². The summed E-state index contributed by atoms with van der Waals surface area (Å²) in [4.78, 5) is 0. The van der Waals surface area contributed by atoms with Crippen LogP contribution in [0.3, 0.4) is 0 Å². The van der Waals surface area contributed by atoms with Crippen LogP contribution < -0.4 is 10.1 Å². The van der Waals surface area contributed by atoms with E-state index >= 15 is 0 Å². The first kappa shape index (κ1) is 15.3. The largest absolute Gasteiger partial charge is 0.497 e. The molecular weight excluding hydrogens is 294 g/mol. The fourth-order valence-electron chi connectivity index (χ4n) is 1.85. The average Bonchev–Trinajstić information content (AvgIpc) is 2.40. The summed E-state index contributed by atoms with van der Waals surface area (Å²) in [5, 5.41) is 12.9. The van der Waals surface area contributed by atoms with Gasteiger partial charge in [-0.05, 0) is 25.0 Å². The highest BCUT2D eigenvalue weighted by Crippen LogP contribution is 2.28. The van der Waals surface area contributed by atoms with E-state index in [-0.39, 0.29) is 12.0 Å². The van der Waals surface area contributed by atoms with E-state index in [9.17, 15) is 5.11 Å². The summed E-state index contributed by atoms with van der Waals surface area (Å²) in [6.07, 6.45) is 1.91. The first-order valence-electron chi connectivity index (χ1n) is 6.28. The highest BCUT2D eigenvalue weighted by Gasteiger charge is 2.24. The standard InChI is InChI=1S/C14H22BrNO2/c1-4-14(5-2,10-17)9-16-12-6-11(15)7-13(8-12)18-3/h6-8,16-17H,4-5,9-10H2,1-3H3. The summed E-state index contributed by atoms with van der Waals surface area (Å²) in [5.74, 6) is 0.814. The van der Waals surface area contributed by atoms with Crippen molar-refractivity contribution in [3.05, 3.63) is 22.7 Å². The van der Waals surface area contributed by atoms with Crippen LogP contribution in [0.4, 0.5) is 5.69 Å². The molecule has 0 fully saturated rings. The average molecular weight is 316 g/mol. The van der Waals surface area contributed by atoms with Crippen molar-refractivity contribution in [2.45, 2.75) is 26.7 Å². The van der Waals surface area contributed by atoms with Crippen molar-refractivity contribution in [1.29, 1.82) is 0 Å². The van der Waals surface area contributed by atoms with Gasteiger partial charge in [-0.15, -0.1) is 0 Å². The Kier molecular flexibility index (Phi) is 5.96. The lowest BCUT2D eigenvalue weighted by molar-refractivity contribution is 0.127. The highest BCUT2D eigenvalue weighted by atomic mass is 79.9. The molecule has 0 aliphatic rings. The molecule has 0 unspecified atom stereocenters. The third-order valence-corrected chi connectivity index (χ3v) is 4.07. The minimum absolute atomic E-state index is 0.0461. The second-order valence-corrected chi connectivity index (χ2v) is 5.51. The Morgan fingerprint density at radius 1 is 1.28 bits per heavy atom. The van der Waals surface area contributed by atoms with Gasteiger partial charge < -0.3 is 15.2 Å². The van der Waals surface area contributed by atoms with Gasteiger partial charge in [-0.3, -0.25) is 0 Å². The molecule has 4 heteroatoms. The molecule has 0 aromatic heterocycles. The zero-order valence-electron chi connectivity index (χ0n) is 11.3. The normalized spacial score (nSPS) is 11.4. The summed E-state index contributed by atoms with van der Waals surface area (Å²) in [6.45, 7) is 5.19. The smallest absolute Gasteiger partial charge is 0.122 e. The first-order chi connectivity index (χ1) is 8.59. The molecule has 2 N–H and O–H groups in total. The predicted octanol–water partition coefficient (Wildman–Crippen LogP) is 3.67. The molecule has 0 atom stereocenters. The molecule has 0 spiro atoms. The summed E-state index contributed by atoms with van der Waals surface area (Å²) in [6, 6.07) is 5.89. The maximum atomic E-state index is 9.54. The molecule has 3 nitrogen and oxygen atoms in total. The topological polar surface area (TPSA) is 41.5 Å². The van der Waals surface area contributed by atoms with Crippen molar-refractivity contribution in [3.8, 4) is 5.75 Å². The van der Waals surface area contributed by atoms with Gasteiger partial charge in [0.05, 0.1) is 13.7 Å². The van der Waals surface area contributed by atoms with E-state index in [0.717, 1.165) is 35.3 Å². The second-order valence-electron chi connectivity index (χ2n) is 4.60. The number of rotatable bonds is 7. The Morgan fingerprint density at radius 3 is 2.44 bits per heavy atom. The molecule has 1 aromatic rings. The quantitative estimate of drug-likeness (QED) is 0.806. The molecule has 1 aromatic carbocycles. The summed E-state index contributed by atoms with van der Waals surface area (Å²) < 4.78 is 6.21. The molecule has 0 bridgehead atoms. The number of methoxy groups -OCH3 is 1. The van der Waals surface area contributed by atoms with E-state index in [1.807, 2.05) is 18.2 Å². The van der Waals surface area contributed by atoms with Crippen molar-refractivity contribution < 1.29 is 9.84 Å². The van der Waals surface area contributed by atoms with Crippen molar-refractivity contribution in [3.63, 3.8) is 0 Å². The number of hydrogen-bond acceptors (Lipinski definition) is 3. The van der Waals surface area contributed by atoms with Crippen molar-refractivity contribution in [2.24, 2.45) is 5.41 Å². The number of halogens is 1. The molecule has 102 valence electrons. The van der Waals surface area contributed by atoms with Crippen LogP contribution in [0.1, 0.15) is 26.7 Å². The van der Waals surface area contributed by atoms with Gasteiger partial charge in [-0.25, -0.2) is 0 Å². The summed E-state index contributed by atoms with van der Waals surface area (Å²) >= 11 is 3.46. The Morgan fingerprint density at radius 2 is 1.94 bits per heavy atom. The van der Waals surface area contributed by atoms with E-state index in [1.165, 1.54) is 0 Å². The number of benzene rings is 1. The number of nitrogens with one attached hydrogen (secondary N) is 1. The van der Waals surface area contributed by atoms with Gasteiger partial charge in [0.1, 0.15) is 5.75 Å². The van der Waals surface area contributed by atoms with E-state index in [4.69, 9.17) is 4.74 Å². The lowest BCUT2D eigenvalue weighted by Crippen LogP contribution is -2.32. The molecule has 1 rings (SSSR count). The number of aliphatic hydroxyl groups is 1. The van der Waals surface area contributed by atoms with Crippen molar-refractivity contribution in [1.82, 2.24) is 0 Å². The number of ether oxygens (including phenoxy) is 1. The van der Waals surface area contributed by atoms with Gasteiger partial charge in [0.25, 0.3) is 0 Å². The number of aliphatic hydroxyl groups excluding tert-OH is 1. The van der Waals surface area contributed by atoms with Gasteiger partial charge >= 0.3 is 0 Å². The Labute approximate surface area is 118 Å². The van der Waals surface area contributed by atoms with Gasteiger partial charge in [-0.1, -0.05) is 29.8 Å². The molecule has 0 saturated carbocycles. The monoisotopic (exact) mass is 315 g/mol. The second kappa shape index (κ2) is 7.00. The highest BCUT2D eigenvalue weighted by molar-refractivity contribution is 9.10.